The quantitative estimate of drug-likeness (QED) is 0.179. The van der Waals surface area contributed by atoms with E-state index in [1.165, 1.54) is 11.3 Å². The Labute approximate surface area is 223 Å². The van der Waals surface area contributed by atoms with Crippen molar-refractivity contribution in [3.8, 4) is 0 Å². The summed E-state index contributed by atoms with van der Waals surface area (Å²) in [6.45, 7) is 5.48. The Morgan fingerprint density at radius 2 is 1.84 bits per heavy atom. The van der Waals surface area contributed by atoms with E-state index in [9.17, 15) is 9.59 Å². The van der Waals surface area contributed by atoms with E-state index in [4.69, 9.17) is 10.5 Å². The molecule has 2 atom stereocenters. The van der Waals surface area contributed by atoms with Gasteiger partial charge in [0, 0.05) is 17.6 Å². The Morgan fingerprint density at radius 1 is 1.08 bits per heavy atom. The number of carbonyl (C=O) groups excluding carboxylic acids is 2. The summed E-state index contributed by atoms with van der Waals surface area (Å²) in [6.07, 6.45) is 4.46. The van der Waals surface area contributed by atoms with Crippen LogP contribution in [0.25, 0.3) is 0 Å². The SMILES string of the molecule is CCCCC(CC)C(=O)O[C@@H](CNCCc1ccc(NC(=O)Cc2csc(N)n2)cc1)c1ccccc1. The van der Waals surface area contributed by atoms with E-state index in [1.54, 1.807) is 5.38 Å². The molecule has 0 aliphatic heterocycles. The maximum Gasteiger partial charge on any atom is 0.309 e. The first-order valence-electron chi connectivity index (χ1n) is 13.0. The van der Waals surface area contributed by atoms with Gasteiger partial charge in [-0.3, -0.25) is 9.59 Å². The number of benzene rings is 2. The molecule has 1 amide bonds. The molecule has 37 heavy (non-hydrogen) atoms. The van der Waals surface area contributed by atoms with Crippen LogP contribution >= 0.6 is 11.3 Å². The summed E-state index contributed by atoms with van der Waals surface area (Å²) in [5.74, 6) is -0.284. The van der Waals surface area contributed by atoms with E-state index in [2.05, 4.69) is 22.5 Å². The number of aromatic nitrogens is 1. The van der Waals surface area contributed by atoms with Crippen LogP contribution in [0.1, 0.15) is 62.5 Å². The van der Waals surface area contributed by atoms with Crippen LogP contribution < -0.4 is 16.4 Å². The van der Waals surface area contributed by atoms with Gasteiger partial charge in [-0.15, -0.1) is 11.3 Å². The molecule has 4 N–H and O–H groups in total. The Kier molecular flexibility index (Phi) is 11.6. The van der Waals surface area contributed by atoms with Crippen LogP contribution in [0.2, 0.25) is 0 Å². The highest BCUT2D eigenvalue weighted by Crippen LogP contribution is 2.22. The minimum absolute atomic E-state index is 0.0511. The van der Waals surface area contributed by atoms with Gasteiger partial charge in [-0.2, -0.15) is 0 Å². The van der Waals surface area contributed by atoms with Gasteiger partial charge in [0.1, 0.15) is 6.10 Å². The van der Waals surface area contributed by atoms with Gasteiger partial charge in [0.25, 0.3) is 0 Å². The van der Waals surface area contributed by atoms with Crippen molar-refractivity contribution in [2.75, 3.05) is 24.1 Å². The number of carbonyl (C=O) groups is 2. The first-order valence-corrected chi connectivity index (χ1v) is 13.9. The molecule has 2 aromatic carbocycles. The zero-order chi connectivity index (χ0) is 26.5. The molecule has 0 fully saturated rings. The maximum absolute atomic E-state index is 12.8. The van der Waals surface area contributed by atoms with E-state index >= 15 is 0 Å². The number of ether oxygens (including phenoxy) is 1. The lowest BCUT2D eigenvalue weighted by atomic mass is 9.99. The molecule has 0 saturated carbocycles. The topological polar surface area (TPSA) is 106 Å². The second-order valence-corrected chi connectivity index (χ2v) is 10.0. The van der Waals surface area contributed by atoms with Crippen LogP contribution in [0, 0.1) is 5.92 Å². The number of amides is 1. The Morgan fingerprint density at radius 3 is 2.49 bits per heavy atom. The van der Waals surface area contributed by atoms with Crippen molar-refractivity contribution in [3.05, 3.63) is 76.8 Å². The fourth-order valence-electron chi connectivity index (χ4n) is 4.06. The van der Waals surface area contributed by atoms with E-state index in [0.29, 0.717) is 17.4 Å². The Hall–Kier alpha value is -3.23. The minimum atomic E-state index is -0.324. The van der Waals surface area contributed by atoms with Gasteiger partial charge in [0.05, 0.1) is 18.0 Å². The molecule has 0 bridgehead atoms. The lowest BCUT2D eigenvalue weighted by Crippen LogP contribution is -2.29. The Balaban J connectivity index is 1.47. The molecule has 8 heteroatoms. The molecule has 1 heterocycles. The third-order valence-electron chi connectivity index (χ3n) is 6.23. The summed E-state index contributed by atoms with van der Waals surface area (Å²) in [7, 11) is 0. The van der Waals surface area contributed by atoms with Gasteiger partial charge >= 0.3 is 5.97 Å². The monoisotopic (exact) mass is 522 g/mol. The van der Waals surface area contributed by atoms with Crippen molar-refractivity contribution in [1.82, 2.24) is 10.3 Å². The third kappa shape index (κ3) is 9.63. The van der Waals surface area contributed by atoms with Gasteiger partial charge in [-0.1, -0.05) is 69.2 Å². The highest BCUT2D eigenvalue weighted by Gasteiger charge is 2.22. The number of esters is 1. The minimum Gasteiger partial charge on any atom is -0.456 e. The number of nitrogens with zero attached hydrogens (tertiary/aromatic N) is 1. The predicted molar refractivity (Wildman–Crippen MR) is 150 cm³/mol. The van der Waals surface area contributed by atoms with Crippen molar-refractivity contribution < 1.29 is 14.3 Å². The molecule has 3 rings (SSSR count). The molecule has 3 aromatic rings. The van der Waals surface area contributed by atoms with Gasteiger partial charge in [-0.05, 0) is 49.1 Å². The number of anilines is 2. The van der Waals surface area contributed by atoms with Gasteiger partial charge < -0.3 is 21.1 Å². The molecule has 1 aromatic heterocycles. The van der Waals surface area contributed by atoms with E-state index < -0.39 is 0 Å². The van der Waals surface area contributed by atoms with Crippen LogP contribution in [0.15, 0.2) is 60.0 Å². The smallest absolute Gasteiger partial charge is 0.309 e. The normalized spacial score (nSPS) is 12.6. The number of rotatable bonds is 15. The molecule has 0 radical (unpaired) electrons. The van der Waals surface area contributed by atoms with Crippen molar-refractivity contribution in [2.45, 2.75) is 58.5 Å². The van der Waals surface area contributed by atoms with Crippen molar-refractivity contribution in [2.24, 2.45) is 5.92 Å². The maximum atomic E-state index is 12.8. The molecule has 7 nitrogen and oxygen atoms in total. The standard InChI is InChI=1S/C29H38N4O3S/c1-3-5-9-22(4-2)28(35)36-26(23-10-7-6-8-11-23)19-31-17-16-21-12-14-24(15-13-21)32-27(34)18-25-20-37-29(30)33-25/h6-8,10-15,20,22,26,31H,3-5,9,16-19H2,1-2H3,(H2,30,33)(H,32,34)/t22?,26-/m0/s1. The largest absolute Gasteiger partial charge is 0.456 e. The van der Waals surface area contributed by atoms with E-state index in [-0.39, 0.29) is 30.3 Å². The molecular weight excluding hydrogens is 484 g/mol. The molecule has 0 spiro atoms. The number of thiazole rings is 1. The Bertz CT molecular complexity index is 1100. The fraction of sp³-hybridized carbons (Fsp3) is 0.414. The molecule has 1 unspecified atom stereocenters. The molecule has 0 aliphatic carbocycles. The van der Waals surface area contributed by atoms with E-state index in [0.717, 1.165) is 55.5 Å². The van der Waals surface area contributed by atoms with E-state index in [1.807, 2.05) is 61.5 Å². The van der Waals surface area contributed by atoms with Crippen LogP contribution in [0.5, 0.6) is 0 Å². The second-order valence-electron chi connectivity index (χ2n) is 9.14. The number of hydrogen-bond acceptors (Lipinski definition) is 7. The highest BCUT2D eigenvalue weighted by atomic mass is 32.1. The first-order chi connectivity index (χ1) is 18.0. The van der Waals surface area contributed by atoms with Crippen LogP contribution in [0.3, 0.4) is 0 Å². The van der Waals surface area contributed by atoms with Gasteiger partial charge in [-0.25, -0.2) is 4.98 Å². The van der Waals surface area contributed by atoms with Crippen LogP contribution in [-0.2, 0) is 27.2 Å². The molecular formula is C29H38N4O3S. The highest BCUT2D eigenvalue weighted by molar-refractivity contribution is 7.13. The lowest BCUT2D eigenvalue weighted by molar-refractivity contribution is -0.154. The lowest BCUT2D eigenvalue weighted by Gasteiger charge is -2.22. The second kappa shape index (κ2) is 15.1. The van der Waals surface area contributed by atoms with Gasteiger partial charge in [0.2, 0.25) is 5.91 Å². The van der Waals surface area contributed by atoms with Crippen LogP contribution in [0.4, 0.5) is 10.8 Å². The van der Waals surface area contributed by atoms with Crippen molar-refractivity contribution >= 4 is 34.0 Å². The van der Waals surface area contributed by atoms with Crippen molar-refractivity contribution in [3.63, 3.8) is 0 Å². The average Bonchev–Trinajstić information content (AvgIpc) is 3.31. The number of nitrogens with one attached hydrogen (secondary N) is 2. The van der Waals surface area contributed by atoms with Gasteiger partial charge in [0.15, 0.2) is 5.13 Å². The summed E-state index contributed by atoms with van der Waals surface area (Å²) in [5, 5.41) is 8.60. The summed E-state index contributed by atoms with van der Waals surface area (Å²) < 4.78 is 5.98. The van der Waals surface area contributed by atoms with Crippen molar-refractivity contribution in [1.29, 1.82) is 0 Å². The predicted octanol–water partition coefficient (Wildman–Crippen LogP) is 5.54. The molecule has 0 aliphatic rings. The number of hydrogen-bond donors (Lipinski definition) is 3. The summed E-state index contributed by atoms with van der Waals surface area (Å²) in [4.78, 5) is 29.2. The summed E-state index contributed by atoms with van der Waals surface area (Å²) >= 11 is 1.33. The molecule has 198 valence electrons. The average molecular weight is 523 g/mol. The first kappa shape index (κ1) is 28.3. The number of nitrogens with two attached hydrogens (primary N) is 1. The molecule has 0 saturated heterocycles. The summed E-state index contributed by atoms with van der Waals surface area (Å²) in [5.41, 5.74) is 9.19. The fourth-order valence-corrected chi connectivity index (χ4v) is 4.63. The summed E-state index contributed by atoms with van der Waals surface area (Å²) in [6, 6.07) is 17.7. The number of unbranched alkanes of at least 4 members (excludes halogenated alkanes) is 1. The zero-order valence-corrected chi connectivity index (χ0v) is 22.6. The third-order valence-corrected chi connectivity index (χ3v) is 6.95. The zero-order valence-electron chi connectivity index (χ0n) is 21.7. The van der Waals surface area contributed by atoms with Crippen LogP contribution in [-0.4, -0.2) is 29.9 Å². The number of nitrogen functional groups attached to an aromatic ring is 1.